The Morgan fingerprint density at radius 2 is 2.00 bits per heavy atom. The second-order valence-electron chi connectivity index (χ2n) is 5.63. The molecule has 0 saturated carbocycles. The molecule has 0 spiro atoms. The van der Waals surface area contributed by atoms with Gasteiger partial charge in [-0.2, -0.15) is 0 Å². The molecule has 3 rings (SSSR count). The summed E-state index contributed by atoms with van der Waals surface area (Å²) < 4.78 is 24.9. The molecule has 124 valence electrons. The van der Waals surface area contributed by atoms with Gasteiger partial charge >= 0.3 is 0 Å². The fraction of sp³-hybridized carbons (Fsp3) is 0.467. The molecule has 2 heterocycles. The number of sulfonamides is 1. The molecular weight excluding hydrogens is 332 g/mol. The molecule has 1 aromatic heterocycles. The predicted octanol–water partition coefficient (Wildman–Crippen LogP) is 1.82. The van der Waals surface area contributed by atoms with Crippen LogP contribution >= 0.6 is 11.3 Å². The first kappa shape index (κ1) is 16.4. The minimum Gasteiger partial charge on any atom is -0.360 e. The molecule has 0 bridgehead atoms. The second-order valence-corrected chi connectivity index (χ2v) is 8.95. The van der Waals surface area contributed by atoms with Crippen LogP contribution < -0.4 is 5.32 Å². The van der Waals surface area contributed by atoms with Crippen molar-refractivity contribution in [2.45, 2.75) is 13.3 Å². The Hall–Kier alpha value is -1.51. The Kier molecular flexibility index (Phi) is 4.93. The van der Waals surface area contributed by atoms with Gasteiger partial charge in [-0.25, -0.2) is 12.7 Å². The SMILES string of the molecule is CCS(=O)(=O)N1CC(CNc2nnc(Cc3ccccc3)s2)C1. The van der Waals surface area contributed by atoms with E-state index in [0.717, 1.165) is 23.1 Å². The lowest BCUT2D eigenvalue weighted by atomic mass is 10.0. The molecule has 0 radical (unpaired) electrons. The third kappa shape index (κ3) is 4.07. The number of benzene rings is 1. The van der Waals surface area contributed by atoms with Gasteiger partial charge in [-0.05, 0) is 12.5 Å². The number of anilines is 1. The van der Waals surface area contributed by atoms with Crippen molar-refractivity contribution in [2.24, 2.45) is 5.92 Å². The zero-order chi connectivity index (χ0) is 16.3. The van der Waals surface area contributed by atoms with Crippen LogP contribution in [0.15, 0.2) is 30.3 Å². The predicted molar refractivity (Wildman–Crippen MR) is 92.2 cm³/mol. The first-order valence-corrected chi connectivity index (χ1v) is 10.1. The van der Waals surface area contributed by atoms with Gasteiger partial charge in [-0.1, -0.05) is 41.7 Å². The molecule has 8 heteroatoms. The molecule has 23 heavy (non-hydrogen) atoms. The van der Waals surface area contributed by atoms with E-state index in [2.05, 4.69) is 27.6 Å². The highest BCUT2D eigenvalue weighted by atomic mass is 32.2. The molecule has 1 fully saturated rings. The number of hydrogen-bond acceptors (Lipinski definition) is 6. The maximum atomic E-state index is 11.7. The lowest BCUT2D eigenvalue weighted by Gasteiger charge is -2.37. The van der Waals surface area contributed by atoms with E-state index in [4.69, 9.17) is 0 Å². The summed E-state index contributed by atoms with van der Waals surface area (Å²) in [6.07, 6.45) is 0.784. The summed E-state index contributed by atoms with van der Waals surface area (Å²) in [5, 5.41) is 13.4. The van der Waals surface area contributed by atoms with Crippen molar-refractivity contribution >= 4 is 26.5 Å². The minimum absolute atomic E-state index is 0.173. The molecule has 1 aliphatic rings. The summed E-state index contributed by atoms with van der Waals surface area (Å²) in [4.78, 5) is 0. The van der Waals surface area contributed by atoms with Crippen LogP contribution in [-0.2, 0) is 16.4 Å². The van der Waals surface area contributed by atoms with E-state index in [-0.39, 0.29) is 5.75 Å². The zero-order valence-electron chi connectivity index (χ0n) is 13.0. The molecule has 1 N–H and O–H groups in total. The van der Waals surface area contributed by atoms with E-state index in [1.54, 1.807) is 22.6 Å². The van der Waals surface area contributed by atoms with Gasteiger partial charge in [-0.3, -0.25) is 0 Å². The Labute approximate surface area is 140 Å². The summed E-state index contributed by atoms with van der Waals surface area (Å²) in [5.41, 5.74) is 1.22. The lowest BCUT2D eigenvalue weighted by molar-refractivity contribution is 0.212. The highest BCUT2D eigenvalue weighted by Crippen LogP contribution is 2.22. The van der Waals surface area contributed by atoms with Crippen molar-refractivity contribution in [1.29, 1.82) is 0 Å². The van der Waals surface area contributed by atoms with Crippen molar-refractivity contribution in [3.8, 4) is 0 Å². The summed E-state index contributed by atoms with van der Waals surface area (Å²) >= 11 is 1.55. The van der Waals surface area contributed by atoms with Crippen molar-refractivity contribution in [2.75, 3.05) is 30.7 Å². The van der Waals surface area contributed by atoms with Crippen molar-refractivity contribution < 1.29 is 8.42 Å². The minimum atomic E-state index is -3.03. The van der Waals surface area contributed by atoms with E-state index >= 15 is 0 Å². The molecule has 2 aromatic rings. The Balaban J connectivity index is 1.46. The van der Waals surface area contributed by atoms with Crippen molar-refractivity contribution in [3.63, 3.8) is 0 Å². The first-order valence-electron chi connectivity index (χ1n) is 7.65. The van der Waals surface area contributed by atoms with E-state index in [1.807, 2.05) is 18.2 Å². The fourth-order valence-corrected chi connectivity index (χ4v) is 4.48. The van der Waals surface area contributed by atoms with E-state index in [9.17, 15) is 8.42 Å². The molecule has 0 aliphatic carbocycles. The van der Waals surface area contributed by atoms with Crippen LogP contribution in [-0.4, -0.2) is 48.3 Å². The third-order valence-electron chi connectivity index (χ3n) is 3.89. The van der Waals surface area contributed by atoms with Crippen LogP contribution in [0, 0.1) is 5.92 Å². The zero-order valence-corrected chi connectivity index (χ0v) is 14.6. The molecule has 1 aromatic carbocycles. The van der Waals surface area contributed by atoms with Crippen LogP contribution in [0.25, 0.3) is 0 Å². The summed E-state index contributed by atoms with van der Waals surface area (Å²) in [6, 6.07) is 10.2. The summed E-state index contributed by atoms with van der Waals surface area (Å²) in [5.74, 6) is 0.518. The standard InChI is InChI=1S/C15H20N4O2S2/c1-2-23(20,21)19-10-13(11-19)9-16-15-18-17-14(22-15)8-12-6-4-3-5-7-12/h3-7,13H,2,8-11H2,1H3,(H,16,18). The number of nitrogens with zero attached hydrogens (tertiary/aromatic N) is 3. The quantitative estimate of drug-likeness (QED) is 0.823. The van der Waals surface area contributed by atoms with Crippen LogP contribution in [0.1, 0.15) is 17.5 Å². The van der Waals surface area contributed by atoms with Gasteiger partial charge < -0.3 is 5.32 Å². The van der Waals surface area contributed by atoms with Crippen LogP contribution in [0.3, 0.4) is 0 Å². The van der Waals surface area contributed by atoms with Gasteiger partial charge in [0.15, 0.2) is 0 Å². The largest absolute Gasteiger partial charge is 0.360 e. The Morgan fingerprint density at radius 3 is 2.70 bits per heavy atom. The number of aromatic nitrogens is 2. The van der Waals surface area contributed by atoms with E-state index < -0.39 is 10.0 Å². The molecular formula is C15H20N4O2S2. The number of hydrogen-bond donors (Lipinski definition) is 1. The van der Waals surface area contributed by atoms with Crippen LogP contribution in [0.2, 0.25) is 0 Å². The van der Waals surface area contributed by atoms with E-state index in [1.165, 1.54) is 5.56 Å². The molecule has 1 aliphatic heterocycles. The topological polar surface area (TPSA) is 75.2 Å². The highest BCUT2D eigenvalue weighted by Gasteiger charge is 2.34. The van der Waals surface area contributed by atoms with Gasteiger partial charge in [0, 0.05) is 32.0 Å². The Morgan fingerprint density at radius 1 is 1.26 bits per heavy atom. The van der Waals surface area contributed by atoms with Gasteiger partial charge in [0.05, 0.1) is 5.75 Å². The fourth-order valence-electron chi connectivity index (χ4n) is 2.46. The average Bonchev–Trinajstić information content (AvgIpc) is 2.94. The molecule has 0 unspecified atom stereocenters. The van der Waals surface area contributed by atoms with Crippen LogP contribution in [0.4, 0.5) is 5.13 Å². The number of nitrogens with one attached hydrogen (secondary N) is 1. The van der Waals surface area contributed by atoms with Gasteiger partial charge in [0.25, 0.3) is 0 Å². The smallest absolute Gasteiger partial charge is 0.213 e. The first-order chi connectivity index (χ1) is 11.1. The number of rotatable bonds is 7. The monoisotopic (exact) mass is 352 g/mol. The Bertz CT molecular complexity index is 740. The molecule has 6 nitrogen and oxygen atoms in total. The third-order valence-corrected chi connectivity index (χ3v) is 6.58. The summed E-state index contributed by atoms with van der Waals surface area (Å²) in [7, 11) is -3.03. The van der Waals surface area contributed by atoms with E-state index in [0.29, 0.717) is 19.0 Å². The average molecular weight is 352 g/mol. The normalized spacial score (nSPS) is 16.2. The van der Waals surface area contributed by atoms with Gasteiger partial charge in [0.1, 0.15) is 5.01 Å². The lowest BCUT2D eigenvalue weighted by Crippen LogP contribution is -2.52. The maximum absolute atomic E-state index is 11.7. The summed E-state index contributed by atoms with van der Waals surface area (Å²) in [6.45, 7) is 3.60. The van der Waals surface area contributed by atoms with Crippen molar-refractivity contribution in [1.82, 2.24) is 14.5 Å². The molecule has 1 saturated heterocycles. The molecule has 0 atom stereocenters. The second kappa shape index (κ2) is 6.94. The van der Waals surface area contributed by atoms with Gasteiger partial charge in [0.2, 0.25) is 15.2 Å². The van der Waals surface area contributed by atoms with Crippen LogP contribution in [0.5, 0.6) is 0 Å². The highest BCUT2D eigenvalue weighted by molar-refractivity contribution is 7.89. The maximum Gasteiger partial charge on any atom is 0.213 e. The molecule has 0 amide bonds. The van der Waals surface area contributed by atoms with Crippen molar-refractivity contribution in [3.05, 3.63) is 40.9 Å². The van der Waals surface area contributed by atoms with Gasteiger partial charge in [-0.15, -0.1) is 10.2 Å².